The van der Waals surface area contributed by atoms with E-state index in [1.807, 2.05) is 26.0 Å². The summed E-state index contributed by atoms with van der Waals surface area (Å²) in [6.45, 7) is 5.99. The summed E-state index contributed by atoms with van der Waals surface area (Å²) in [7, 11) is 0. The molecule has 0 bridgehead atoms. The third-order valence-corrected chi connectivity index (χ3v) is 3.64. The second kappa shape index (κ2) is 4.78. The van der Waals surface area contributed by atoms with Gasteiger partial charge in [-0.15, -0.1) is 0 Å². The average molecular weight is 269 g/mol. The van der Waals surface area contributed by atoms with E-state index in [9.17, 15) is 0 Å². The van der Waals surface area contributed by atoms with E-state index in [0.717, 1.165) is 35.5 Å². The van der Waals surface area contributed by atoms with Crippen molar-refractivity contribution in [1.29, 1.82) is 0 Å². The zero-order valence-electron chi connectivity index (χ0n) is 12.1. The molecule has 1 saturated carbocycles. The first-order chi connectivity index (χ1) is 9.54. The molecule has 3 rings (SSSR count). The Hall–Kier alpha value is -2.10. The SMILES string of the molecule is Cc1ccc(Oc2nc(C3CC3)nc(N)c2C)c(C)c1. The molecule has 0 unspecified atom stereocenters. The summed E-state index contributed by atoms with van der Waals surface area (Å²) in [6, 6.07) is 6.10. The molecule has 1 aliphatic carbocycles. The highest BCUT2D eigenvalue weighted by Crippen LogP contribution is 2.40. The minimum atomic E-state index is 0.458. The molecule has 0 aliphatic heterocycles. The summed E-state index contributed by atoms with van der Waals surface area (Å²) in [6.07, 6.45) is 2.29. The minimum Gasteiger partial charge on any atom is -0.438 e. The number of aryl methyl sites for hydroxylation is 2. The standard InChI is InChI=1S/C16H19N3O/c1-9-4-7-13(10(2)8-9)20-16-11(3)14(17)18-15(19-16)12-5-6-12/h4,7-8,12H,5-6H2,1-3H3,(H2,17,18,19). The van der Waals surface area contributed by atoms with E-state index in [0.29, 0.717) is 17.6 Å². The lowest BCUT2D eigenvalue weighted by molar-refractivity contribution is 0.451. The molecular formula is C16H19N3O. The second-order valence-corrected chi connectivity index (χ2v) is 5.54. The van der Waals surface area contributed by atoms with Crippen molar-refractivity contribution in [3.05, 3.63) is 40.7 Å². The zero-order valence-corrected chi connectivity index (χ0v) is 12.1. The predicted molar refractivity (Wildman–Crippen MR) is 79.1 cm³/mol. The van der Waals surface area contributed by atoms with Gasteiger partial charge in [0.05, 0.1) is 5.56 Å². The molecule has 0 amide bonds. The molecule has 2 N–H and O–H groups in total. The summed E-state index contributed by atoms with van der Waals surface area (Å²) in [5.41, 5.74) is 9.08. The molecule has 4 heteroatoms. The number of anilines is 1. The fourth-order valence-electron chi connectivity index (χ4n) is 2.17. The summed E-state index contributed by atoms with van der Waals surface area (Å²) >= 11 is 0. The largest absolute Gasteiger partial charge is 0.438 e. The van der Waals surface area contributed by atoms with Crippen molar-refractivity contribution in [2.45, 2.75) is 39.5 Å². The van der Waals surface area contributed by atoms with E-state index >= 15 is 0 Å². The van der Waals surface area contributed by atoms with Crippen LogP contribution in [0.5, 0.6) is 11.6 Å². The van der Waals surface area contributed by atoms with Crippen LogP contribution in [-0.2, 0) is 0 Å². The number of nitrogens with zero attached hydrogens (tertiary/aromatic N) is 2. The van der Waals surface area contributed by atoms with E-state index in [2.05, 4.69) is 23.0 Å². The number of hydrogen-bond acceptors (Lipinski definition) is 4. The molecular weight excluding hydrogens is 250 g/mol. The molecule has 0 spiro atoms. The van der Waals surface area contributed by atoms with E-state index in [-0.39, 0.29) is 0 Å². The van der Waals surface area contributed by atoms with Crippen LogP contribution in [0.1, 0.15) is 41.3 Å². The molecule has 2 aromatic rings. The van der Waals surface area contributed by atoms with Gasteiger partial charge in [0.2, 0.25) is 5.88 Å². The van der Waals surface area contributed by atoms with Gasteiger partial charge in [0.25, 0.3) is 0 Å². The van der Waals surface area contributed by atoms with E-state index in [4.69, 9.17) is 10.5 Å². The number of nitrogens with two attached hydrogens (primary N) is 1. The summed E-state index contributed by atoms with van der Waals surface area (Å²) < 4.78 is 5.96. The third kappa shape index (κ3) is 2.46. The first kappa shape index (κ1) is 12.9. The van der Waals surface area contributed by atoms with Crippen molar-refractivity contribution in [3.8, 4) is 11.6 Å². The Kier molecular flexibility index (Phi) is 3.08. The van der Waals surface area contributed by atoms with Crippen LogP contribution in [0.4, 0.5) is 5.82 Å². The molecule has 1 heterocycles. The number of rotatable bonds is 3. The number of nitrogen functional groups attached to an aromatic ring is 1. The molecule has 104 valence electrons. The van der Waals surface area contributed by atoms with Crippen LogP contribution in [0.2, 0.25) is 0 Å². The van der Waals surface area contributed by atoms with Crippen LogP contribution in [0, 0.1) is 20.8 Å². The molecule has 20 heavy (non-hydrogen) atoms. The lowest BCUT2D eigenvalue weighted by Crippen LogP contribution is -2.04. The van der Waals surface area contributed by atoms with Gasteiger partial charge in [0.1, 0.15) is 17.4 Å². The van der Waals surface area contributed by atoms with Crippen LogP contribution >= 0.6 is 0 Å². The highest BCUT2D eigenvalue weighted by molar-refractivity contribution is 5.47. The van der Waals surface area contributed by atoms with E-state index in [1.165, 1.54) is 5.56 Å². The van der Waals surface area contributed by atoms with E-state index in [1.54, 1.807) is 0 Å². The lowest BCUT2D eigenvalue weighted by Gasteiger charge is -2.12. The van der Waals surface area contributed by atoms with Gasteiger partial charge in [0, 0.05) is 5.92 Å². The summed E-state index contributed by atoms with van der Waals surface area (Å²) in [4.78, 5) is 8.90. The molecule has 0 saturated heterocycles. The van der Waals surface area contributed by atoms with Crippen molar-refractivity contribution in [2.24, 2.45) is 0 Å². The van der Waals surface area contributed by atoms with Crippen LogP contribution in [0.25, 0.3) is 0 Å². The van der Waals surface area contributed by atoms with Gasteiger partial charge in [0.15, 0.2) is 0 Å². The lowest BCUT2D eigenvalue weighted by atomic mass is 10.1. The normalized spacial score (nSPS) is 14.3. The maximum atomic E-state index is 5.97. The van der Waals surface area contributed by atoms with Crippen LogP contribution < -0.4 is 10.5 Å². The number of ether oxygens (including phenoxy) is 1. The van der Waals surface area contributed by atoms with Gasteiger partial charge in [-0.2, -0.15) is 4.98 Å². The predicted octanol–water partition coefficient (Wildman–Crippen LogP) is 3.65. The Morgan fingerprint density at radius 3 is 2.55 bits per heavy atom. The Morgan fingerprint density at radius 1 is 1.15 bits per heavy atom. The minimum absolute atomic E-state index is 0.458. The number of benzene rings is 1. The average Bonchev–Trinajstić information content (AvgIpc) is 3.22. The Labute approximate surface area is 119 Å². The van der Waals surface area contributed by atoms with Crippen molar-refractivity contribution in [1.82, 2.24) is 9.97 Å². The molecule has 4 nitrogen and oxygen atoms in total. The van der Waals surface area contributed by atoms with Gasteiger partial charge in [-0.3, -0.25) is 0 Å². The van der Waals surface area contributed by atoms with Gasteiger partial charge < -0.3 is 10.5 Å². The Bertz CT molecular complexity index is 663. The summed E-state index contributed by atoms with van der Waals surface area (Å²) in [5.74, 6) is 3.18. The highest BCUT2D eigenvalue weighted by atomic mass is 16.5. The Balaban J connectivity index is 1.97. The van der Waals surface area contributed by atoms with Crippen molar-refractivity contribution in [2.75, 3.05) is 5.73 Å². The third-order valence-electron chi connectivity index (χ3n) is 3.64. The van der Waals surface area contributed by atoms with Gasteiger partial charge in [-0.1, -0.05) is 17.7 Å². The maximum absolute atomic E-state index is 5.97. The van der Waals surface area contributed by atoms with Gasteiger partial charge in [-0.05, 0) is 45.2 Å². The Morgan fingerprint density at radius 2 is 1.90 bits per heavy atom. The topological polar surface area (TPSA) is 61.0 Å². The second-order valence-electron chi connectivity index (χ2n) is 5.54. The molecule has 1 aliphatic rings. The smallest absolute Gasteiger partial charge is 0.227 e. The van der Waals surface area contributed by atoms with Crippen molar-refractivity contribution in [3.63, 3.8) is 0 Å². The van der Waals surface area contributed by atoms with Crippen LogP contribution in [0.3, 0.4) is 0 Å². The number of aromatic nitrogens is 2. The highest BCUT2D eigenvalue weighted by Gasteiger charge is 2.28. The van der Waals surface area contributed by atoms with E-state index < -0.39 is 0 Å². The monoisotopic (exact) mass is 269 g/mol. The summed E-state index contributed by atoms with van der Waals surface area (Å²) in [5, 5.41) is 0. The first-order valence-corrected chi connectivity index (χ1v) is 6.93. The molecule has 1 fully saturated rings. The fourth-order valence-corrected chi connectivity index (χ4v) is 2.17. The van der Waals surface area contributed by atoms with Crippen LogP contribution in [0.15, 0.2) is 18.2 Å². The van der Waals surface area contributed by atoms with Gasteiger partial charge in [-0.25, -0.2) is 4.98 Å². The van der Waals surface area contributed by atoms with Gasteiger partial charge >= 0.3 is 0 Å². The maximum Gasteiger partial charge on any atom is 0.227 e. The number of hydrogen-bond donors (Lipinski definition) is 1. The molecule has 1 aromatic carbocycles. The van der Waals surface area contributed by atoms with Crippen molar-refractivity contribution >= 4 is 5.82 Å². The molecule has 0 radical (unpaired) electrons. The van der Waals surface area contributed by atoms with Crippen molar-refractivity contribution < 1.29 is 4.74 Å². The zero-order chi connectivity index (χ0) is 14.3. The first-order valence-electron chi connectivity index (χ1n) is 6.93. The molecule has 0 atom stereocenters. The van der Waals surface area contributed by atoms with Crippen LogP contribution in [-0.4, -0.2) is 9.97 Å². The fraction of sp³-hybridized carbons (Fsp3) is 0.375. The quantitative estimate of drug-likeness (QED) is 0.923. The molecule has 1 aromatic heterocycles.